The van der Waals surface area contributed by atoms with Crippen LogP contribution >= 0.6 is 27.3 Å². The fourth-order valence-corrected chi connectivity index (χ4v) is 4.03. The van der Waals surface area contributed by atoms with E-state index >= 15 is 0 Å². The van der Waals surface area contributed by atoms with Gasteiger partial charge in [0.25, 0.3) is 0 Å². The Bertz CT molecular complexity index is 547. The van der Waals surface area contributed by atoms with E-state index in [-0.39, 0.29) is 0 Å². The van der Waals surface area contributed by atoms with Crippen LogP contribution in [0.25, 0.3) is 10.4 Å². The summed E-state index contributed by atoms with van der Waals surface area (Å²) in [5.74, 6) is 0. The maximum Gasteiger partial charge on any atom is 0.0412 e. The molecule has 0 aliphatic heterocycles. The number of aryl methyl sites for hydroxylation is 1. The van der Waals surface area contributed by atoms with Gasteiger partial charge in [-0.05, 0) is 54.0 Å². The average Bonchev–Trinajstić information content (AvgIpc) is 2.88. The van der Waals surface area contributed by atoms with E-state index in [2.05, 4.69) is 65.4 Å². The Morgan fingerprint density at radius 3 is 2.74 bits per heavy atom. The van der Waals surface area contributed by atoms with E-state index in [0.717, 1.165) is 0 Å². The lowest BCUT2D eigenvalue weighted by atomic mass is 10.1. The van der Waals surface area contributed by atoms with E-state index in [9.17, 15) is 0 Å². The number of hydrogen-bond acceptors (Lipinski definition) is 2. The van der Waals surface area contributed by atoms with Gasteiger partial charge in [0.1, 0.15) is 0 Å². The molecule has 0 radical (unpaired) electrons. The fourth-order valence-electron chi connectivity index (χ4n) is 2.24. The smallest absolute Gasteiger partial charge is 0.0412 e. The fraction of sp³-hybridized carbons (Fsp3) is 0.375. The summed E-state index contributed by atoms with van der Waals surface area (Å²) in [5, 5.41) is 3.41. The minimum atomic E-state index is 0.479. The Kier molecular flexibility index (Phi) is 5.20. The molecule has 1 N–H and O–H groups in total. The molecule has 2 aromatic rings. The number of rotatable bonds is 5. The maximum absolute atomic E-state index is 3.70. The molecule has 1 heterocycles. The molecule has 3 heteroatoms. The topological polar surface area (TPSA) is 12.0 Å². The molecule has 2 rings (SSSR count). The van der Waals surface area contributed by atoms with Gasteiger partial charge in [-0.2, -0.15) is 0 Å². The molecule has 1 atom stereocenters. The van der Waals surface area contributed by atoms with Crippen molar-refractivity contribution in [1.29, 1.82) is 0 Å². The second kappa shape index (κ2) is 6.69. The zero-order valence-electron chi connectivity index (χ0n) is 11.7. The van der Waals surface area contributed by atoms with E-state index in [1.165, 1.54) is 38.2 Å². The van der Waals surface area contributed by atoms with Crippen molar-refractivity contribution < 1.29 is 0 Å². The molecule has 0 amide bonds. The molecule has 0 bridgehead atoms. The molecule has 1 aromatic carbocycles. The lowest BCUT2D eigenvalue weighted by Crippen LogP contribution is -2.14. The first-order valence-corrected chi connectivity index (χ1v) is 8.30. The lowest BCUT2D eigenvalue weighted by Gasteiger charge is -2.12. The van der Waals surface area contributed by atoms with Crippen LogP contribution in [0.3, 0.4) is 0 Å². The maximum atomic E-state index is 3.70. The van der Waals surface area contributed by atoms with E-state index < -0.39 is 0 Å². The summed E-state index contributed by atoms with van der Waals surface area (Å²) in [4.78, 5) is 2.76. The summed E-state index contributed by atoms with van der Waals surface area (Å²) in [5.41, 5.74) is 2.58. The molecule has 0 spiro atoms. The van der Waals surface area contributed by atoms with Gasteiger partial charge in [-0.15, -0.1) is 11.3 Å². The zero-order valence-corrected chi connectivity index (χ0v) is 14.1. The van der Waals surface area contributed by atoms with Gasteiger partial charge >= 0.3 is 0 Å². The predicted molar refractivity (Wildman–Crippen MR) is 88.9 cm³/mol. The van der Waals surface area contributed by atoms with E-state index in [0.29, 0.717) is 6.04 Å². The van der Waals surface area contributed by atoms with Gasteiger partial charge in [0.2, 0.25) is 0 Å². The minimum absolute atomic E-state index is 0.479. The Hall–Kier alpha value is -0.640. The highest BCUT2D eigenvalue weighted by atomic mass is 79.9. The number of halogens is 1. The van der Waals surface area contributed by atoms with Crippen molar-refractivity contribution >= 4 is 27.3 Å². The van der Waals surface area contributed by atoms with Crippen LogP contribution in [-0.2, 0) is 0 Å². The van der Waals surface area contributed by atoms with Gasteiger partial charge in [-0.1, -0.05) is 31.5 Å². The third kappa shape index (κ3) is 3.28. The van der Waals surface area contributed by atoms with Crippen LogP contribution in [0, 0.1) is 6.92 Å². The minimum Gasteiger partial charge on any atom is -0.312 e. The second-order valence-corrected chi connectivity index (χ2v) is 6.68. The van der Waals surface area contributed by atoms with Crippen LogP contribution in [-0.4, -0.2) is 7.05 Å². The van der Waals surface area contributed by atoms with Gasteiger partial charge in [-0.25, -0.2) is 0 Å². The van der Waals surface area contributed by atoms with E-state index in [1.807, 2.05) is 18.4 Å². The third-order valence-electron chi connectivity index (χ3n) is 3.35. The van der Waals surface area contributed by atoms with Crippen molar-refractivity contribution in [2.45, 2.75) is 32.7 Å². The second-order valence-electron chi connectivity index (χ2n) is 4.77. The molecular formula is C16H20BrNS. The Morgan fingerprint density at radius 1 is 1.26 bits per heavy atom. The SMILES string of the molecule is CCCC(NC)c1ccc(-c2cccc(C)c2Br)s1. The number of nitrogens with one attached hydrogen (secondary N) is 1. The molecule has 0 saturated carbocycles. The Morgan fingerprint density at radius 2 is 2.05 bits per heavy atom. The summed E-state index contributed by atoms with van der Waals surface area (Å²) < 4.78 is 1.21. The molecule has 1 unspecified atom stereocenters. The summed E-state index contributed by atoms with van der Waals surface area (Å²) >= 11 is 5.59. The quantitative estimate of drug-likeness (QED) is 0.754. The van der Waals surface area contributed by atoms with Crippen LogP contribution in [0.1, 0.15) is 36.2 Å². The molecule has 102 valence electrons. The van der Waals surface area contributed by atoms with Crippen LogP contribution < -0.4 is 5.32 Å². The summed E-state index contributed by atoms with van der Waals surface area (Å²) in [6.45, 7) is 4.37. The average molecular weight is 338 g/mol. The highest BCUT2D eigenvalue weighted by Gasteiger charge is 2.13. The standard InChI is InChI=1S/C16H20BrNS/c1-4-6-13(18-3)15-10-9-14(19-15)12-8-5-7-11(2)16(12)17/h5,7-10,13,18H,4,6H2,1-3H3. The number of hydrogen-bond donors (Lipinski definition) is 1. The van der Waals surface area contributed by atoms with Crippen molar-refractivity contribution in [2.24, 2.45) is 0 Å². The zero-order chi connectivity index (χ0) is 13.8. The van der Waals surface area contributed by atoms with Crippen molar-refractivity contribution in [3.8, 4) is 10.4 Å². The molecule has 19 heavy (non-hydrogen) atoms. The molecular weight excluding hydrogens is 318 g/mol. The number of thiophene rings is 1. The Balaban J connectivity index is 2.32. The first-order valence-electron chi connectivity index (χ1n) is 6.69. The monoisotopic (exact) mass is 337 g/mol. The first kappa shape index (κ1) is 14.8. The largest absolute Gasteiger partial charge is 0.312 e. The van der Waals surface area contributed by atoms with Gasteiger partial charge in [-0.3, -0.25) is 0 Å². The van der Waals surface area contributed by atoms with Gasteiger partial charge in [0.15, 0.2) is 0 Å². The van der Waals surface area contributed by atoms with Gasteiger partial charge in [0, 0.05) is 25.8 Å². The lowest BCUT2D eigenvalue weighted by molar-refractivity contribution is 0.550. The molecule has 0 aliphatic carbocycles. The molecule has 1 aromatic heterocycles. The molecule has 0 aliphatic rings. The highest BCUT2D eigenvalue weighted by Crippen LogP contribution is 2.37. The predicted octanol–water partition coefficient (Wildman–Crippen LogP) is 5.55. The van der Waals surface area contributed by atoms with Crippen molar-refractivity contribution in [3.63, 3.8) is 0 Å². The van der Waals surface area contributed by atoms with Crippen LogP contribution in [0.4, 0.5) is 0 Å². The normalized spacial score (nSPS) is 12.6. The molecule has 1 nitrogen and oxygen atoms in total. The van der Waals surface area contributed by atoms with Gasteiger partial charge < -0.3 is 5.32 Å². The number of benzene rings is 1. The molecule has 0 fully saturated rings. The highest BCUT2D eigenvalue weighted by molar-refractivity contribution is 9.10. The van der Waals surface area contributed by atoms with E-state index in [1.54, 1.807) is 0 Å². The van der Waals surface area contributed by atoms with Crippen LogP contribution in [0.2, 0.25) is 0 Å². The van der Waals surface area contributed by atoms with Gasteiger partial charge in [0.05, 0.1) is 0 Å². The third-order valence-corrected chi connectivity index (χ3v) is 5.64. The summed E-state index contributed by atoms with van der Waals surface area (Å²) in [7, 11) is 2.04. The van der Waals surface area contributed by atoms with E-state index in [4.69, 9.17) is 0 Å². The first-order chi connectivity index (χ1) is 9.17. The van der Waals surface area contributed by atoms with Crippen LogP contribution in [0.5, 0.6) is 0 Å². The van der Waals surface area contributed by atoms with Crippen molar-refractivity contribution in [3.05, 3.63) is 45.2 Å². The van der Waals surface area contributed by atoms with Crippen molar-refractivity contribution in [1.82, 2.24) is 5.32 Å². The summed E-state index contributed by atoms with van der Waals surface area (Å²) in [6, 6.07) is 11.4. The van der Waals surface area contributed by atoms with Crippen molar-refractivity contribution in [2.75, 3.05) is 7.05 Å². The molecule has 0 saturated heterocycles. The summed E-state index contributed by atoms with van der Waals surface area (Å²) in [6.07, 6.45) is 2.39. The Labute approximate surface area is 128 Å². The van der Waals surface area contributed by atoms with Crippen LogP contribution in [0.15, 0.2) is 34.8 Å².